The first-order valence-corrected chi connectivity index (χ1v) is 8.81. The highest BCUT2D eigenvalue weighted by Gasteiger charge is 2.28. The number of carbonyl (C=O) groups is 1. The van der Waals surface area contributed by atoms with Crippen LogP contribution >= 0.6 is 0 Å². The molecular weight excluding hydrogens is 298 g/mol. The van der Waals surface area contributed by atoms with Crippen LogP contribution in [0.4, 0.5) is 0 Å². The van der Waals surface area contributed by atoms with E-state index in [-0.39, 0.29) is 5.91 Å². The van der Waals surface area contributed by atoms with Gasteiger partial charge in [-0.3, -0.25) is 9.69 Å². The molecule has 1 amide bonds. The van der Waals surface area contributed by atoms with Crippen LogP contribution in [0.3, 0.4) is 0 Å². The molecule has 4 nitrogen and oxygen atoms in total. The van der Waals surface area contributed by atoms with Gasteiger partial charge in [0.05, 0.1) is 12.6 Å². The Kier molecular flexibility index (Phi) is 5.36. The minimum Gasteiger partial charge on any atom is -0.355 e. The summed E-state index contributed by atoms with van der Waals surface area (Å²) >= 11 is 0. The summed E-state index contributed by atoms with van der Waals surface area (Å²) in [6.45, 7) is 4.31. The summed E-state index contributed by atoms with van der Waals surface area (Å²) in [5, 5.41) is 3.08. The van der Waals surface area contributed by atoms with Crippen LogP contribution in [0.15, 0.2) is 42.6 Å². The Morgan fingerprint density at radius 3 is 2.83 bits per heavy atom. The summed E-state index contributed by atoms with van der Waals surface area (Å²) in [4.78, 5) is 14.6. The molecule has 1 aliphatic heterocycles. The average Bonchev–Trinajstić information content (AvgIpc) is 3.17. The number of amides is 1. The second-order valence-electron chi connectivity index (χ2n) is 6.70. The van der Waals surface area contributed by atoms with E-state index in [1.165, 1.54) is 16.8 Å². The lowest BCUT2D eigenvalue weighted by atomic mass is 10.1. The molecule has 24 heavy (non-hydrogen) atoms. The minimum absolute atomic E-state index is 0.129. The predicted octanol–water partition coefficient (Wildman–Crippen LogP) is 2.83. The molecular formula is C20H27N3O. The van der Waals surface area contributed by atoms with Crippen molar-refractivity contribution in [2.24, 2.45) is 7.05 Å². The lowest BCUT2D eigenvalue weighted by Crippen LogP contribution is -2.38. The molecule has 1 aliphatic rings. The maximum absolute atomic E-state index is 12.3. The highest BCUT2D eigenvalue weighted by molar-refractivity contribution is 5.78. The molecule has 0 aliphatic carbocycles. The zero-order valence-electron chi connectivity index (χ0n) is 14.7. The fourth-order valence-electron chi connectivity index (χ4n) is 3.64. The minimum atomic E-state index is 0.129. The average molecular weight is 325 g/mol. The van der Waals surface area contributed by atoms with Crippen LogP contribution in [0.2, 0.25) is 0 Å². The number of aromatic nitrogens is 1. The molecule has 1 atom stereocenters. The number of aryl methyl sites for hydroxylation is 2. The Balaban J connectivity index is 1.49. The van der Waals surface area contributed by atoms with Crippen LogP contribution < -0.4 is 5.32 Å². The number of nitrogens with one attached hydrogen (secondary N) is 1. The van der Waals surface area contributed by atoms with Crippen LogP contribution in [0.25, 0.3) is 0 Å². The summed E-state index contributed by atoms with van der Waals surface area (Å²) in [6, 6.07) is 13.0. The molecule has 1 saturated heterocycles. The molecule has 1 aromatic heterocycles. The van der Waals surface area contributed by atoms with Crippen molar-refractivity contribution in [3.8, 4) is 0 Å². The molecule has 0 radical (unpaired) electrons. The van der Waals surface area contributed by atoms with Gasteiger partial charge in [0.1, 0.15) is 0 Å². The SMILES string of the molecule is Cc1ccccc1CCNC(=O)CN1CCC[C@H]1c1cccn1C. The first-order valence-electron chi connectivity index (χ1n) is 8.81. The number of hydrogen-bond donors (Lipinski definition) is 1. The Morgan fingerprint density at radius 2 is 2.08 bits per heavy atom. The second kappa shape index (κ2) is 7.67. The van der Waals surface area contributed by atoms with Gasteiger partial charge in [0.2, 0.25) is 5.91 Å². The molecule has 2 heterocycles. The van der Waals surface area contributed by atoms with Gasteiger partial charge in [-0.05, 0) is 56.0 Å². The van der Waals surface area contributed by atoms with Crippen molar-refractivity contribution in [1.29, 1.82) is 0 Å². The zero-order valence-corrected chi connectivity index (χ0v) is 14.7. The van der Waals surface area contributed by atoms with Crippen molar-refractivity contribution in [1.82, 2.24) is 14.8 Å². The fraction of sp³-hybridized carbons (Fsp3) is 0.450. The lowest BCUT2D eigenvalue weighted by molar-refractivity contribution is -0.122. The Bertz CT molecular complexity index is 692. The Labute approximate surface area is 144 Å². The third-order valence-electron chi connectivity index (χ3n) is 5.01. The Morgan fingerprint density at radius 1 is 1.25 bits per heavy atom. The van der Waals surface area contributed by atoms with E-state index in [9.17, 15) is 4.79 Å². The van der Waals surface area contributed by atoms with E-state index in [4.69, 9.17) is 0 Å². The van der Waals surface area contributed by atoms with Crippen LogP contribution in [-0.4, -0.2) is 35.0 Å². The maximum atomic E-state index is 12.3. The van der Waals surface area contributed by atoms with Crippen LogP contribution in [-0.2, 0) is 18.3 Å². The van der Waals surface area contributed by atoms with E-state index in [0.717, 1.165) is 25.8 Å². The standard InChI is InChI=1S/C20H27N3O/c1-16-7-3-4-8-17(16)11-12-21-20(24)15-23-14-6-10-19(23)18-9-5-13-22(18)2/h3-5,7-9,13,19H,6,10-12,14-15H2,1-2H3,(H,21,24)/t19-/m0/s1. The van der Waals surface area contributed by atoms with Gasteiger partial charge in [-0.1, -0.05) is 24.3 Å². The number of likely N-dealkylation sites (tertiary alicyclic amines) is 1. The van der Waals surface area contributed by atoms with E-state index in [1.807, 2.05) is 0 Å². The van der Waals surface area contributed by atoms with Crippen LogP contribution in [0.1, 0.15) is 35.7 Å². The van der Waals surface area contributed by atoms with E-state index in [2.05, 4.69) is 71.4 Å². The van der Waals surface area contributed by atoms with Crippen molar-refractivity contribution >= 4 is 5.91 Å². The molecule has 1 N–H and O–H groups in total. The van der Waals surface area contributed by atoms with Gasteiger partial charge in [0.25, 0.3) is 0 Å². The van der Waals surface area contributed by atoms with Gasteiger partial charge in [0.15, 0.2) is 0 Å². The third-order valence-corrected chi connectivity index (χ3v) is 5.01. The fourth-order valence-corrected chi connectivity index (χ4v) is 3.64. The summed E-state index contributed by atoms with van der Waals surface area (Å²) in [5.41, 5.74) is 3.90. The number of carbonyl (C=O) groups excluding carboxylic acids is 1. The zero-order chi connectivity index (χ0) is 16.9. The molecule has 2 aromatic rings. The summed E-state index contributed by atoms with van der Waals surface area (Å²) in [5.74, 6) is 0.129. The van der Waals surface area contributed by atoms with E-state index < -0.39 is 0 Å². The number of hydrogen-bond acceptors (Lipinski definition) is 2. The number of rotatable bonds is 6. The van der Waals surface area contributed by atoms with Crippen LogP contribution in [0.5, 0.6) is 0 Å². The normalized spacial score (nSPS) is 18.0. The first kappa shape index (κ1) is 16.8. The third kappa shape index (κ3) is 3.88. The molecule has 0 spiro atoms. The highest BCUT2D eigenvalue weighted by atomic mass is 16.2. The molecule has 128 valence electrons. The highest BCUT2D eigenvalue weighted by Crippen LogP contribution is 2.31. The van der Waals surface area contributed by atoms with Gasteiger partial charge in [-0.2, -0.15) is 0 Å². The second-order valence-corrected chi connectivity index (χ2v) is 6.70. The predicted molar refractivity (Wildman–Crippen MR) is 96.9 cm³/mol. The van der Waals surface area contributed by atoms with Crippen molar-refractivity contribution in [3.63, 3.8) is 0 Å². The van der Waals surface area contributed by atoms with Gasteiger partial charge in [0, 0.05) is 25.5 Å². The summed E-state index contributed by atoms with van der Waals surface area (Å²) < 4.78 is 2.17. The quantitative estimate of drug-likeness (QED) is 0.887. The van der Waals surface area contributed by atoms with E-state index in [1.54, 1.807) is 0 Å². The monoisotopic (exact) mass is 325 g/mol. The smallest absolute Gasteiger partial charge is 0.234 e. The van der Waals surface area contributed by atoms with Gasteiger partial charge >= 0.3 is 0 Å². The summed E-state index contributed by atoms with van der Waals surface area (Å²) in [6.07, 6.45) is 5.26. The van der Waals surface area contributed by atoms with Gasteiger partial charge in [-0.25, -0.2) is 0 Å². The molecule has 1 fully saturated rings. The largest absolute Gasteiger partial charge is 0.355 e. The molecule has 0 saturated carbocycles. The lowest BCUT2D eigenvalue weighted by Gasteiger charge is -2.24. The van der Waals surface area contributed by atoms with Crippen LogP contribution in [0, 0.1) is 6.92 Å². The van der Waals surface area contributed by atoms with Crippen molar-refractivity contribution in [3.05, 3.63) is 59.4 Å². The molecule has 0 bridgehead atoms. The van der Waals surface area contributed by atoms with Crippen molar-refractivity contribution in [2.75, 3.05) is 19.6 Å². The van der Waals surface area contributed by atoms with E-state index in [0.29, 0.717) is 19.1 Å². The van der Waals surface area contributed by atoms with E-state index >= 15 is 0 Å². The molecule has 1 aromatic carbocycles. The maximum Gasteiger partial charge on any atom is 0.234 e. The molecule has 4 heteroatoms. The Hall–Kier alpha value is -2.07. The number of nitrogens with zero attached hydrogens (tertiary/aromatic N) is 2. The van der Waals surface area contributed by atoms with Gasteiger partial charge in [-0.15, -0.1) is 0 Å². The molecule has 0 unspecified atom stereocenters. The molecule has 3 rings (SSSR count). The van der Waals surface area contributed by atoms with Gasteiger partial charge < -0.3 is 9.88 Å². The summed E-state index contributed by atoms with van der Waals surface area (Å²) in [7, 11) is 2.08. The van der Waals surface area contributed by atoms with Crippen molar-refractivity contribution < 1.29 is 4.79 Å². The van der Waals surface area contributed by atoms with Crippen molar-refractivity contribution in [2.45, 2.75) is 32.2 Å². The topological polar surface area (TPSA) is 37.3 Å². The number of benzene rings is 1. The first-order chi connectivity index (χ1) is 11.6.